The summed E-state index contributed by atoms with van der Waals surface area (Å²) in [5, 5.41) is 11.8. The average Bonchev–Trinajstić information content (AvgIpc) is 2.89. The molecule has 0 unspecified atom stereocenters. The summed E-state index contributed by atoms with van der Waals surface area (Å²) < 4.78 is 0. The first-order valence-electron chi connectivity index (χ1n) is 6.21. The molecule has 2 rings (SSSR count). The first-order chi connectivity index (χ1) is 8.31. The zero-order chi connectivity index (χ0) is 12.1. The van der Waals surface area contributed by atoms with Crippen LogP contribution in [0.2, 0.25) is 0 Å². The number of anilines is 2. The van der Waals surface area contributed by atoms with Gasteiger partial charge in [0.2, 0.25) is 0 Å². The number of aliphatic hydroxyl groups excluding tert-OH is 1. The third kappa shape index (κ3) is 3.06. The molecule has 0 radical (unpaired) electrons. The van der Waals surface area contributed by atoms with E-state index in [-0.39, 0.29) is 6.61 Å². The maximum absolute atomic E-state index is 8.76. The van der Waals surface area contributed by atoms with E-state index < -0.39 is 0 Å². The van der Waals surface area contributed by atoms with E-state index in [1.165, 1.54) is 25.7 Å². The van der Waals surface area contributed by atoms with Crippen molar-refractivity contribution in [1.82, 2.24) is 9.97 Å². The minimum absolute atomic E-state index is 0.109. The van der Waals surface area contributed by atoms with Crippen LogP contribution in [0.25, 0.3) is 0 Å². The summed E-state index contributed by atoms with van der Waals surface area (Å²) >= 11 is 0. The van der Waals surface area contributed by atoms with Crippen molar-refractivity contribution in [2.24, 2.45) is 0 Å². The van der Waals surface area contributed by atoms with Crippen LogP contribution in [0.1, 0.15) is 25.7 Å². The predicted molar refractivity (Wildman–Crippen MR) is 68.3 cm³/mol. The minimum atomic E-state index is 0.109. The number of nitrogens with one attached hydrogen (secondary N) is 1. The summed E-state index contributed by atoms with van der Waals surface area (Å²) in [5.74, 6) is 1.72. The third-order valence-corrected chi connectivity index (χ3v) is 3.30. The van der Waals surface area contributed by atoms with E-state index >= 15 is 0 Å². The standard InChI is InChI=1S/C12H20N4O/c1-16(10-4-2-3-5-10)12-8-11(13-6-7-17)14-9-15-12/h8-10,17H,2-7H2,1H3,(H,13,14,15). The van der Waals surface area contributed by atoms with E-state index in [0.29, 0.717) is 12.6 Å². The lowest BCUT2D eigenvalue weighted by Gasteiger charge is -2.25. The van der Waals surface area contributed by atoms with E-state index in [9.17, 15) is 0 Å². The van der Waals surface area contributed by atoms with Crippen molar-refractivity contribution >= 4 is 11.6 Å². The third-order valence-electron chi connectivity index (χ3n) is 3.30. The molecule has 2 N–H and O–H groups in total. The van der Waals surface area contributed by atoms with Gasteiger partial charge in [-0.15, -0.1) is 0 Å². The highest BCUT2D eigenvalue weighted by Crippen LogP contribution is 2.26. The van der Waals surface area contributed by atoms with Gasteiger partial charge in [-0.1, -0.05) is 12.8 Å². The molecule has 0 aromatic carbocycles. The van der Waals surface area contributed by atoms with Gasteiger partial charge in [-0.25, -0.2) is 9.97 Å². The van der Waals surface area contributed by atoms with Crippen LogP contribution in [0.3, 0.4) is 0 Å². The Morgan fingerprint density at radius 1 is 1.41 bits per heavy atom. The number of nitrogens with zero attached hydrogens (tertiary/aromatic N) is 3. The van der Waals surface area contributed by atoms with Crippen LogP contribution in [0, 0.1) is 0 Å². The van der Waals surface area contributed by atoms with Gasteiger partial charge in [-0.2, -0.15) is 0 Å². The Hall–Kier alpha value is -1.36. The van der Waals surface area contributed by atoms with Crippen LogP contribution < -0.4 is 10.2 Å². The molecule has 0 amide bonds. The topological polar surface area (TPSA) is 61.3 Å². The fraction of sp³-hybridized carbons (Fsp3) is 0.667. The molecule has 0 spiro atoms. The fourth-order valence-corrected chi connectivity index (χ4v) is 2.30. The molecule has 0 saturated heterocycles. The molecular weight excluding hydrogens is 216 g/mol. The fourth-order valence-electron chi connectivity index (χ4n) is 2.30. The molecule has 1 heterocycles. The zero-order valence-electron chi connectivity index (χ0n) is 10.3. The van der Waals surface area contributed by atoms with E-state index in [1.54, 1.807) is 6.33 Å². The molecule has 1 saturated carbocycles. The molecule has 94 valence electrons. The maximum atomic E-state index is 8.76. The Morgan fingerprint density at radius 3 is 2.88 bits per heavy atom. The van der Waals surface area contributed by atoms with E-state index in [2.05, 4.69) is 27.2 Å². The molecule has 17 heavy (non-hydrogen) atoms. The quantitative estimate of drug-likeness (QED) is 0.806. The predicted octanol–water partition coefficient (Wildman–Crippen LogP) is 1.26. The SMILES string of the molecule is CN(c1cc(NCCO)ncn1)C1CCCC1. The highest BCUT2D eigenvalue weighted by molar-refractivity contribution is 5.48. The molecule has 1 fully saturated rings. The van der Waals surface area contributed by atoms with Crippen LogP contribution in [0.5, 0.6) is 0 Å². The van der Waals surface area contributed by atoms with Gasteiger partial charge >= 0.3 is 0 Å². The Balaban J connectivity index is 2.03. The van der Waals surface area contributed by atoms with Crippen LogP contribution in [-0.4, -0.2) is 41.3 Å². The van der Waals surface area contributed by atoms with Crippen LogP contribution >= 0.6 is 0 Å². The molecule has 1 aromatic rings. The van der Waals surface area contributed by atoms with Crippen LogP contribution in [-0.2, 0) is 0 Å². The van der Waals surface area contributed by atoms with Gasteiger partial charge in [0, 0.05) is 25.7 Å². The number of aromatic nitrogens is 2. The molecule has 1 aliphatic carbocycles. The zero-order valence-corrected chi connectivity index (χ0v) is 10.3. The van der Waals surface area contributed by atoms with Crippen molar-refractivity contribution in [3.8, 4) is 0 Å². The molecule has 5 heteroatoms. The summed E-state index contributed by atoms with van der Waals surface area (Å²) in [6.07, 6.45) is 6.70. The van der Waals surface area contributed by atoms with Crippen LogP contribution in [0.15, 0.2) is 12.4 Å². The van der Waals surface area contributed by atoms with Crippen molar-refractivity contribution in [1.29, 1.82) is 0 Å². The van der Waals surface area contributed by atoms with Crippen molar-refractivity contribution in [3.63, 3.8) is 0 Å². The van der Waals surface area contributed by atoms with Crippen molar-refractivity contribution < 1.29 is 5.11 Å². The van der Waals surface area contributed by atoms with Gasteiger partial charge in [0.1, 0.15) is 18.0 Å². The van der Waals surface area contributed by atoms with Gasteiger partial charge in [-0.05, 0) is 12.8 Å². The van der Waals surface area contributed by atoms with Gasteiger partial charge in [-0.3, -0.25) is 0 Å². The van der Waals surface area contributed by atoms with Crippen molar-refractivity contribution in [2.45, 2.75) is 31.7 Å². The lowest BCUT2D eigenvalue weighted by atomic mass is 10.2. The maximum Gasteiger partial charge on any atom is 0.134 e. The molecule has 0 aliphatic heterocycles. The Labute approximate surface area is 102 Å². The monoisotopic (exact) mass is 236 g/mol. The van der Waals surface area contributed by atoms with Gasteiger partial charge < -0.3 is 15.3 Å². The highest BCUT2D eigenvalue weighted by Gasteiger charge is 2.20. The normalized spacial score (nSPS) is 16.1. The first kappa shape index (κ1) is 12.1. The molecule has 5 nitrogen and oxygen atoms in total. The summed E-state index contributed by atoms with van der Waals surface area (Å²) in [6, 6.07) is 2.55. The Morgan fingerprint density at radius 2 is 2.18 bits per heavy atom. The van der Waals surface area contributed by atoms with Crippen molar-refractivity contribution in [3.05, 3.63) is 12.4 Å². The highest BCUT2D eigenvalue weighted by atomic mass is 16.3. The smallest absolute Gasteiger partial charge is 0.134 e. The van der Waals surface area contributed by atoms with Gasteiger partial charge in [0.15, 0.2) is 0 Å². The molecule has 0 bridgehead atoms. The first-order valence-corrected chi connectivity index (χ1v) is 6.21. The number of hydrogen-bond acceptors (Lipinski definition) is 5. The molecule has 1 aromatic heterocycles. The summed E-state index contributed by atoms with van der Waals surface area (Å²) in [6.45, 7) is 0.626. The number of hydrogen-bond donors (Lipinski definition) is 2. The van der Waals surface area contributed by atoms with Crippen LogP contribution in [0.4, 0.5) is 11.6 Å². The van der Waals surface area contributed by atoms with Gasteiger partial charge in [0.05, 0.1) is 6.61 Å². The Bertz CT molecular complexity index is 352. The Kier molecular flexibility index (Phi) is 4.14. The van der Waals surface area contributed by atoms with Crippen molar-refractivity contribution in [2.75, 3.05) is 30.4 Å². The van der Waals surface area contributed by atoms with E-state index in [4.69, 9.17) is 5.11 Å². The van der Waals surface area contributed by atoms with E-state index in [1.807, 2.05) is 6.07 Å². The van der Waals surface area contributed by atoms with Gasteiger partial charge in [0.25, 0.3) is 0 Å². The lowest BCUT2D eigenvalue weighted by Crippen LogP contribution is -2.29. The largest absolute Gasteiger partial charge is 0.395 e. The second-order valence-corrected chi connectivity index (χ2v) is 4.46. The number of aliphatic hydroxyl groups is 1. The van der Waals surface area contributed by atoms with E-state index in [0.717, 1.165) is 11.6 Å². The average molecular weight is 236 g/mol. The molecular formula is C12H20N4O. The number of rotatable bonds is 5. The lowest BCUT2D eigenvalue weighted by molar-refractivity contribution is 0.311. The molecule has 1 aliphatic rings. The minimum Gasteiger partial charge on any atom is -0.395 e. The second kappa shape index (κ2) is 5.82. The summed E-state index contributed by atoms with van der Waals surface area (Å²) in [4.78, 5) is 10.7. The summed E-state index contributed by atoms with van der Waals surface area (Å²) in [5.41, 5.74) is 0. The molecule has 0 atom stereocenters. The summed E-state index contributed by atoms with van der Waals surface area (Å²) in [7, 11) is 2.09. The second-order valence-electron chi connectivity index (χ2n) is 4.46.